The molecule has 4 heteroatoms. The largest absolute Gasteiger partial charge is 0.453 e. The highest BCUT2D eigenvalue weighted by Crippen LogP contribution is 2.41. The van der Waals surface area contributed by atoms with Gasteiger partial charge in [0.1, 0.15) is 5.78 Å². The Morgan fingerprint density at radius 1 is 1.47 bits per heavy atom. The monoisotopic (exact) mass is 224 g/mol. The number of ether oxygens (including phenoxy) is 2. The van der Waals surface area contributed by atoms with E-state index in [1.165, 1.54) is 12.8 Å². The van der Waals surface area contributed by atoms with Crippen molar-refractivity contribution >= 4 is 17.1 Å². The predicted molar refractivity (Wildman–Crippen MR) is 56.5 cm³/mol. The maximum atomic E-state index is 11.7. The molecule has 0 aromatic carbocycles. The molecule has 0 atom stereocenters. The summed E-state index contributed by atoms with van der Waals surface area (Å²) in [6.07, 6.45) is 3.72. The lowest BCUT2D eigenvalue weighted by Crippen LogP contribution is -2.03. The molecule has 3 rings (SSSR count). The zero-order chi connectivity index (χ0) is 10.3. The molecule has 2 heterocycles. The van der Waals surface area contributed by atoms with Gasteiger partial charge in [-0.1, -0.05) is 0 Å². The van der Waals surface area contributed by atoms with Gasteiger partial charge in [0.2, 0.25) is 6.79 Å². The summed E-state index contributed by atoms with van der Waals surface area (Å²) in [7, 11) is 0. The normalized spacial score (nSPS) is 18.1. The van der Waals surface area contributed by atoms with E-state index in [0.29, 0.717) is 24.9 Å². The molecule has 0 spiro atoms. The number of Topliss-reactive ketones (excluding diaryl/α,β-unsaturated/α-hetero) is 1. The summed E-state index contributed by atoms with van der Waals surface area (Å²) >= 11 is 1.56. The van der Waals surface area contributed by atoms with Crippen LogP contribution in [0, 0.1) is 5.92 Å². The lowest BCUT2D eigenvalue weighted by molar-refractivity contribution is -0.118. The molecular weight excluding hydrogens is 212 g/mol. The number of hydrogen-bond donors (Lipinski definition) is 0. The second-order valence-corrected chi connectivity index (χ2v) is 5.09. The van der Waals surface area contributed by atoms with Crippen molar-refractivity contribution < 1.29 is 14.3 Å². The van der Waals surface area contributed by atoms with Crippen LogP contribution < -0.4 is 9.47 Å². The zero-order valence-electron chi connectivity index (χ0n) is 8.32. The van der Waals surface area contributed by atoms with Gasteiger partial charge in [0, 0.05) is 18.2 Å². The van der Waals surface area contributed by atoms with Gasteiger partial charge < -0.3 is 9.47 Å². The second kappa shape index (κ2) is 3.52. The first-order chi connectivity index (χ1) is 7.33. The molecule has 1 fully saturated rings. The Kier molecular flexibility index (Phi) is 2.16. The molecule has 1 aromatic rings. The zero-order valence-corrected chi connectivity index (χ0v) is 9.14. The fourth-order valence-corrected chi connectivity index (χ4v) is 2.72. The number of hydrogen-bond acceptors (Lipinski definition) is 4. The maximum Gasteiger partial charge on any atom is 0.231 e. The lowest BCUT2D eigenvalue weighted by Gasteiger charge is -1.99. The minimum atomic E-state index is 0.294. The first-order valence-corrected chi connectivity index (χ1v) is 6.08. The highest BCUT2D eigenvalue weighted by Gasteiger charge is 2.26. The summed E-state index contributed by atoms with van der Waals surface area (Å²) in [5.41, 5.74) is 0. The minimum Gasteiger partial charge on any atom is -0.453 e. The molecule has 0 bridgehead atoms. The van der Waals surface area contributed by atoms with E-state index in [-0.39, 0.29) is 0 Å². The fraction of sp³-hybridized carbons (Fsp3) is 0.545. The van der Waals surface area contributed by atoms with Crippen LogP contribution in [0.1, 0.15) is 24.1 Å². The summed E-state index contributed by atoms with van der Waals surface area (Å²) in [5.74, 6) is 2.60. The second-order valence-electron chi connectivity index (χ2n) is 4.12. The van der Waals surface area contributed by atoms with E-state index in [1.54, 1.807) is 11.3 Å². The van der Waals surface area contributed by atoms with Crippen LogP contribution in [0.2, 0.25) is 0 Å². The first-order valence-electron chi connectivity index (χ1n) is 5.20. The van der Waals surface area contributed by atoms with E-state index in [0.717, 1.165) is 22.8 Å². The smallest absolute Gasteiger partial charge is 0.231 e. The van der Waals surface area contributed by atoms with Crippen LogP contribution in [0.25, 0.3) is 0 Å². The standard InChI is InChI=1S/C11H12O3S/c12-8(3-7-1-2-7)4-10-11-9(5-15-10)13-6-14-11/h5,7H,1-4,6H2. The van der Waals surface area contributed by atoms with E-state index < -0.39 is 0 Å². The average Bonchev–Trinajstić information content (AvgIpc) is 2.78. The van der Waals surface area contributed by atoms with Gasteiger partial charge in [-0.3, -0.25) is 4.79 Å². The molecular formula is C11H12O3S. The van der Waals surface area contributed by atoms with Crippen LogP contribution in [-0.2, 0) is 11.2 Å². The van der Waals surface area contributed by atoms with Crippen molar-refractivity contribution in [2.75, 3.05) is 6.79 Å². The number of fused-ring (bicyclic) bond motifs is 1. The summed E-state index contributed by atoms with van der Waals surface area (Å²) < 4.78 is 10.6. The summed E-state index contributed by atoms with van der Waals surface area (Å²) in [6.45, 7) is 0.294. The van der Waals surface area contributed by atoms with Crippen LogP contribution in [-0.4, -0.2) is 12.6 Å². The molecule has 3 nitrogen and oxygen atoms in total. The third kappa shape index (κ3) is 1.86. The molecule has 0 unspecified atom stereocenters. The highest BCUT2D eigenvalue weighted by atomic mass is 32.1. The van der Waals surface area contributed by atoms with Crippen LogP contribution in [0.5, 0.6) is 11.5 Å². The molecule has 0 radical (unpaired) electrons. The van der Waals surface area contributed by atoms with E-state index in [2.05, 4.69) is 0 Å². The van der Waals surface area contributed by atoms with Crippen molar-refractivity contribution in [3.05, 3.63) is 10.3 Å². The Bertz CT molecular complexity index is 393. The molecule has 0 saturated heterocycles. The van der Waals surface area contributed by atoms with Crippen molar-refractivity contribution in [1.82, 2.24) is 0 Å². The number of rotatable bonds is 4. The van der Waals surface area contributed by atoms with Crippen molar-refractivity contribution in [2.45, 2.75) is 25.7 Å². The first kappa shape index (κ1) is 9.21. The summed E-state index contributed by atoms with van der Waals surface area (Å²) in [4.78, 5) is 12.7. The molecule has 1 aromatic heterocycles. The summed E-state index contributed by atoms with van der Waals surface area (Å²) in [5, 5.41) is 1.92. The van der Waals surface area contributed by atoms with Crippen molar-refractivity contribution in [1.29, 1.82) is 0 Å². The van der Waals surface area contributed by atoms with Gasteiger partial charge in [-0.25, -0.2) is 0 Å². The Balaban J connectivity index is 1.67. The number of thiophene rings is 1. The van der Waals surface area contributed by atoms with E-state index in [4.69, 9.17) is 9.47 Å². The molecule has 1 saturated carbocycles. The SMILES string of the molecule is O=C(Cc1scc2c1OCO2)CC1CC1. The lowest BCUT2D eigenvalue weighted by atomic mass is 10.1. The third-order valence-corrected chi connectivity index (χ3v) is 3.72. The molecule has 15 heavy (non-hydrogen) atoms. The third-order valence-electron chi connectivity index (χ3n) is 2.77. The molecule has 0 N–H and O–H groups in total. The van der Waals surface area contributed by atoms with Crippen LogP contribution in [0.3, 0.4) is 0 Å². The maximum absolute atomic E-state index is 11.7. The molecule has 0 amide bonds. The Morgan fingerprint density at radius 3 is 3.13 bits per heavy atom. The predicted octanol–water partition coefficient (Wildman–Crippen LogP) is 2.39. The van der Waals surface area contributed by atoms with E-state index >= 15 is 0 Å². The van der Waals surface area contributed by atoms with E-state index in [9.17, 15) is 4.79 Å². The molecule has 1 aliphatic carbocycles. The van der Waals surface area contributed by atoms with Gasteiger partial charge in [0.25, 0.3) is 0 Å². The topological polar surface area (TPSA) is 35.5 Å². The Labute approximate surface area is 92.0 Å². The van der Waals surface area contributed by atoms with Crippen molar-refractivity contribution in [3.8, 4) is 11.5 Å². The van der Waals surface area contributed by atoms with Crippen molar-refractivity contribution in [2.24, 2.45) is 5.92 Å². The van der Waals surface area contributed by atoms with Gasteiger partial charge in [-0.05, 0) is 18.8 Å². The quantitative estimate of drug-likeness (QED) is 0.787. The number of carbonyl (C=O) groups is 1. The van der Waals surface area contributed by atoms with Crippen LogP contribution in [0.15, 0.2) is 5.38 Å². The van der Waals surface area contributed by atoms with Crippen LogP contribution in [0.4, 0.5) is 0 Å². The summed E-state index contributed by atoms with van der Waals surface area (Å²) in [6, 6.07) is 0. The number of ketones is 1. The van der Waals surface area contributed by atoms with Gasteiger partial charge in [-0.2, -0.15) is 0 Å². The van der Waals surface area contributed by atoms with E-state index in [1.807, 2.05) is 5.38 Å². The molecule has 80 valence electrons. The Hall–Kier alpha value is -1.03. The van der Waals surface area contributed by atoms with Gasteiger partial charge in [0.05, 0.1) is 4.88 Å². The number of carbonyl (C=O) groups excluding carboxylic acids is 1. The molecule has 1 aliphatic heterocycles. The van der Waals surface area contributed by atoms with Crippen molar-refractivity contribution in [3.63, 3.8) is 0 Å². The van der Waals surface area contributed by atoms with Crippen LogP contribution >= 0.6 is 11.3 Å². The Morgan fingerprint density at radius 2 is 2.33 bits per heavy atom. The highest BCUT2D eigenvalue weighted by molar-refractivity contribution is 7.10. The molecule has 2 aliphatic rings. The van der Waals surface area contributed by atoms with Gasteiger partial charge >= 0.3 is 0 Å². The average molecular weight is 224 g/mol. The van der Waals surface area contributed by atoms with Gasteiger partial charge in [-0.15, -0.1) is 11.3 Å². The fourth-order valence-electron chi connectivity index (χ4n) is 1.79. The van der Waals surface area contributed by atoms with Gasteiger partial charge in [0.15, 0.2) is 11.5 Å². The minimum absolute atomic E-state index is 0.294.